The van der Waals surface area contributed by atoms with Gasteiger partial charge in [0.2, 0.25) is 5.78 Å². The van der Waals surface area contributed by atoms with Gasteiger partial charge >= 0.3 is 0 Å². The summed E-state index contributed by atoms with van der Waals surface area (Å²) in [6, 6.07) is 10.0. The summed E-state index contributed by atoms with van der Waals surface area (Å²) in [7, 11) is 0. The number of rotatable bonds is 3. The highest BCUT2D eigenvalue weighted by molar-refractivity contribution is 7.99. The first-order valence-electron chi connectivity index (χ1n) is 4.52. The molecule has 0 aliphatic rings. The van der Waals surface area contributed by atoms with E-state index in [4.69, 9.17) is 0 Å². The van der Waals surface area contributed by atoms with Crippen LogP contribution in [0.25, 0.3) is 0 Å². The Balaban J connectivity index is 2.34. The fraction of sp³-hybridized carbons (Fsp3) is 0.250. The molecule has 0 aliphatic carbocycles. The first-order valence-corrected chi connectivity index (χ1v) is 5.51. The molecule has 72 valence electrons. The van der Waals surface area contributed by atoms with Crippen LogP contribution in [0.3, 0.4) is 0 Å². The van der Waals surface area contributed by atoms with Gasteiger partial charge in [0.25, 0.3) is 0 Å². The van der Waals surface area contributed by atoms with E-state index in [0.29, 0.717) is 12.2 Å². The fourth-order valence-corrected chi connectivity index (χ4v) is 1.52. The maximum Gasteiger partial charge on any atom is 0.205 e. The maximum absolute atomic E-state index is 10.8. The minimum Gasteiger partial charge on any atom is -0.285 e. The topological polar surface area (TPSA) is 17.1 Å². The molecule has 1 aromatic rings. The molecule has 0 aliphatic heterocycles. The minimum atomic E-state index is 0.0126. The highest BCUT2D eigenvalue weighted by Crippen LogP contribution is 2.15. The zero-order chi connectivity index (χ0) is 10.2. The van der Waals surface area contributed by atoms with Gasteiger partial charge in [-0.2, -0.15) is 0 Å². The van der Waals surface area contributed by atoms with Crippen molar-refractivity contribution in [2.24, 2.45) is 0 Å². The van der Waals surface area contributed by atoms with Gasteiger partial charge in [0, 0.05) is 11.3 Å². The van der Waals surface area contributed by atoms with Gasteiger partial charge in [-0.05, 0) is 18.1 Å². The van der Waals surface area contributed by atoms with E-state index in [0.717, 1.165) is 0 Å². The molecule has 0 heterocycles. The van der Waals surface area contributed by atoms with Gasteiger partial charge in [-0.25, -0.2) is 0 Å². The molecule has 14 heavy (non-hydrogen) atoms. The van der Waals surface area contributed by atoms with Crippen LogP contribution in [0.5, 0.6) is 0 Å². The van der Waals surface area contributed by atoms with Crippen LogP contribution >= 0.6 is 11.8 Å². The van der Waals surface area contributed by atoms with Crippen molar-refractivity contribution in [1.29, 1.82) is 0 Å². The van der Waals surface area contributed by atoms with Crippen LogP contribution in [-0.4, -0.2) is 11.5 Å². The highest BCUT2D eigenvalue weighted by Gasteiger charge is 1.90. The Morgan fingerprint density at radius 2 is 2.07 bits per heavy atom. The minimum absolute atomic E-state index is 0.0126. The van der Waals surface area contributed by atoms with Gasteiger partial charge < -0.3 is 0 Å². The first kappa shape index (κ1) is 10.9. The molecule has 1 nitrogen and oxygen atoms in total. The van der Waals surface area contributed by atoms with Crippen molar-refractivity contribution in [1.82, 2.24) is 0 Å². The summed E-state index contributed by atoms with van der Waals surface area (Å²) >= 11 is 1.65. The monoisotopic (exact) mass is 204 g/mol. The molecule has 0 amide bonds. The SMILES string of the molecule is CCC(=O)C#CCSc1ccccc1. The second-order valence-electron chi connectivity index (χ2n) is 2.68. The summed E-state index contributed by atoms with van der Waals surface area (Å²) in [5.74, 6) is 6.13. The predicted octanol–water partition coefficient (Wildman–Crippen LogP) is 2.76. The van der Waals surface area contributed by atoms with E-state index in [9.17, 15) is 4.79 Å². The second-order valence-corrected chi connectivity index (χ2v) is 3.73. The van der Waals surface area contributed by atoms with Crippen molar-refractivity contribution >= 4 is 17.5 Å². The number of hydrogen-bond donors (Lipinski definition) is 0. The van der Waals surface area contributed by atoms with Crippen molar-refractivity contribution < 1.29 is 4.79 Å². The van der Waals surface area contributed by atoms with Crippen LogP contribution < -0.4 is 0 Å². The van der Waals surface area contributed by atoms with E-state index in [2.05, 4.69) is 11.8 Å². The average molecular weight is 204 g/mol. The first-order chi connectivity index (χ1) is 6.83. The van der Waals surface area contributed by atoms with Crippen LogP contribution in [0.15, 0.2) is 35.2 Å². The second kappa shape index (κ2) is 6.28. The maximum atomic E-state index is 10.8. The summed E-state index contributed by atoms with van der Waals surface area (Å²) in [6.45, 7) is 1.82. The van der Waals surface area contributed by atoms with Crippen molar-refractivity contribution in [3.63, 3.8) is 0 Å². The van der Waals surface area contributed by atoms with Crippen LogP contribution in [0.4, 0.5) is 0 Å². The lowest BCUT2D eigenvalue weighted by molar-refractivity contribution is -0.113. The van der Waals surface area contributed by atoms with Crippen LogP contribution in [0.2, 0.25) is 0 Å². The number of Topliss-reactive ketones (excluding diaryl/α,β-unsaturated/α-hetero) is 1. The Labute approximate surface area is 88.9 Å². The Kier molecular flexibility index (Phi) is 4.88. The zero-order valence-electron chi connectivity index (χ0n) is 8.12. The van der Waals surface area contributed by atoms with Gasteiger partial charge in [-0.1, -0.05) is 31.0 Å². The molecule has 0 spiro atoms. The number of ketones is 1. The molecule has 0 saturated heterocycles. The summed E-state index contributed by atoms with van der Waals surface area (Å²) in [5, 5.41) is 0. The van der Waals surface area contributed by atoms with E-state index in [1.54, 1.807) is 11.8 Å². The third-order valence-electron chi connectivity index (χ3n) is 1.60. The lowest BCUT2D eigenvalue weighted by Gasteiger charge is -1.93. The zero-order valence-corrected chi connectivity index (χ0v) is 8.93. The van der Waals surface area contributed by atoms with E-state index < -0.39 is 0 Å². The predicted molar refractivity (Wildman–Crippen MR) is 60.2 cm³/mol. The normalized spacial score (nSPS) is 8.93. The van der Waals surface area contributed by atoms with Crippen molar-refractivity contribution in [3.05, 3.63) is 30.3 Å². The molecule has 0 aromatic heterocycles. The van der Waals surface area contributed by atoms with E-state index in [-0.39, 0.29) is 5.78 Å². The number of carbonyl (C=O) groups excluding carboxylic acids is 1. The highest BCUT2D eigenvalue weighted by atomic mass is 32.2. The average Bonchev–Trinajstić information content (AvgIpc) is 2.25. The van der Waals surface area contributed by atoms with Gasteiger partial charge in [0.1, 0.15) is 0 Å². The van der Waals surface area contributed by atoms with Crippen LogP contribution in [0, 0.1) is 11.8 Å². The molecule has 2 heteroatoms. The van der Waals surface area contributed by atoms with E-state index in [1.165, 1.54) is 4.90 Å². The molecule has 0 unspecified atom stereocenters. The summed E-state index contributed by atoms with van der Waals surface area (Å²) < 4.78 is 0. The Morgan fingerprint density at radius 3 is 2.71 bits per heavy atom. The van der Waals surface area contributed by atoms with Gasteiger partial charge in [-0.3, -0.25) is 4.79 Å². The number of thioether (sulfide) groups is 1. The lowest BCUT2D eigenvalue weighted by atomic mass is 10.3. The lowest BCUT2D eigenvalue weighted by Crippen LogP contribution is -1.88. The molecule has 0 atom stereocenters. The molecule has 1 aromatic carbocycles. The summed E-state index contributed by atoms with van der Waals surface area (Å²) in [6.07, 6.45) is 0.503. The van der Waals surface area contributed by atoms with Gasteiger partial charge in [0.15, 0.2) is 0 Å². The largest absolute Gasteiger partial charge is 0.285 e. The Hall–Kier alpha value is -1.20. The van der Waals surface area contributed by atoms with Crippen LogP contribution in [0.1, 0.15) is 13.3 Å². The standard InChI is InChI=1S/C12H12OS/c1-2-11(13)7-6-10-14-12-8-4-3-5-9-12/h3-5,8-9H,2,10H2,1H3. The number of benzene rings is 1. The van der Waals surface area contributed by atoms with E-state index >= 15 is 0 Å². The fourth-order valence-electron chi connectivity index (χ4n) is 0.859. The molecule has 1 rings (SSSR count). The number of carbonyl (C=O) groups is 1. The third kappa shape index (κ3) is 4.15. The van der Waals surface area contributed by atoms with Gasteiger partial charge in [0.05, 0.1) is 5.75 Å². The van der Waals surface area contributed by atoms with Crippen molar-refractivity contribution in [3.8, 4) is 11.8 Å². The Morgan fingerprint density at radius 1 is 1.36 bits per heavy atom. The molecule has 0 N–H and O–H groups in total. The third-order valence-corrected chi connectivity index (χ3v) is 2.50. The Bertz CT molecular complexity index is 346. The smallest absolute Gasteiger partial charge is 0.205 e. The summed E-state index contributed by atoms with van der Waals surface area (Å²) in [4.78, 5) is 12.0. The summed E-state index contributed by atoms with van der Waals surface area (Å²) in [5.41, 5.74) is 0. The van der Waals surface area contributed by atoms with Crippen molar-refractivity contribution in [2.45, 2.75) is 18.2 Å². The quantitative estimate of drug-likeness (QED) is 0.428. The van der Waals surface area contributed by atoms with Gasteiger partial charge in [-0.15, -0.1) is 11.8 Å². The molecule has 0 fully saturated rings. The number of hydrogen-bond acceptors (Lipinski definition) is 2. The molecular formula is C12H12OS. The van der Waals surface area contributed by atoms with E-state index in [1.807, 2.05) is 37.3 Å². The molecule has 0 saturated carbocycles. The van der Waals surface area contributed by atoms with Crippen LogP contribution in [-0.2, 0) is 4.79 Å². The molecule has 0 bridgehead atoms. The van der Waals surface area contributed by atoms with Crippen molar-refractivity contribution in [2.75, 3.05) is 5.75 Å². The molecular weight excluding hydrogens is 192 g/mol. The molecule has 0 radical (unpaired) electrons.